The van der Waals surface area contributed by atoms with E-state index in [2.05, 4.69) is 5.32 Å². The minimum Gasteiger partial charge on any atom is -0.379 e. The highest BCUT2D eigenvalue weighted by Crippen LogP contribution is 2.17. The van der Waals surface area contributed by atoms with Crippen molar-refractivity contribution < 1.29 is 17.9 Å². The van der Waals surface area contributed by atoms with E-state index in [-0.39, 0.29) is 18.6 Å². The van der Waals surface area contributed by atoms with E-state index in [9.17, 15) is 13.2 Å². The molecule has 0 aliphatic rings. The molecule has 1 aromatic carbocycles. The number of sulfonamides is 1. The van der Waals surface area contributed by atoms with Crippen LogP contribution in [0.25, 0.3) is 0 Å². The molecule has 0 spiro atoms. The number of hydrogen-bond donors (Lipinski definition) is 1. The van der Waals surface area contributed by atoms with Crippen LogP contribution in [0.2, 0.25) is 0 Å². The Morgan fingerprint density at radius 1 is 1.26 bits per heavy atom. The topological polar surface area (TPSA) is 75.7 Å². The molecular weight excluding hydrogens is 316 g/mol. The fourth-order valence-corrected chi connectivity index (χ4v) is 2.77. The van der Waals surface area contributed by atoms with Gasteiger partial charge in [-0.3, -0.25) is 9.10 Å². The summed E-state index contributed by atoms with van der Waals surface area (Å²) in [5.41, 5.74) is 1.51. The first-order chi connectivity index (χ1) is 10.7. The molecule has 0 saturated carbocycles. The lowest BCUT2D eigenvalue weighted by atomic mass is 10.2. The van der Waals surface area contributed by atoms with Gasteiger partial charge in [-0.1, -0.05) is 17.7 Å². The summed E-state index contributed by atoms with van der Waals surface area (Å²) < 4.78 is 30.3. The average molecular weight is 342 g/mol. The zero-order chi connectivity index (χ0) is 17.5. The highest BCUT2D eigenvalue weighted by molar-refractivity contribution is 7.92. The van der Waals surface area contributed by atoms with Crippen molar-refractivity contribution in [3.8, 4) is 0 Å². The van der Waals surface area contributed by atoms with Crippen molar-refractivity contribution in [2.75, 3.05) is 30.3 Å². The number of anilines is 1. The summed E-state index contributed by atoms with van der Waals surface area (Å²) in [5.74, 6) is -0.333. The van der Waals surface area contributed by atoms with Crippen LogP contribution in [-0.2, 0) is 19.6 Å². The molecular formula is C16H26N2O4S. The summed E-state index contributed by atoms with van der Waals surface area (Å²) in [4.78, 5) is 12.0. The summed E-state index contributed by atoms with van der Waals surface area (Å²) in [7, 11) is -3.52. The molecule has 0 aliphatic carbocycles. The maximum absolute atomic E-state index is 12.0. The molecule has 130 valence electrons. The lowest BCUT2D eigenvalue weighted by Gasteiger charge is -2.22. The van der Waals surface area contributed by atoms with E-state index < -0.39 is 10.0 Å². The maximum atomic E-state index is 12.0. The van der Waals surface area contributed by atoms with Crippen molar-refractivity contribution in [2.24, 2.45) is 0 Å². The summed E-state index contributed by atoms with van der Waals surface area (Å²) >= 11 is 0. The summed E-state index contributed by atoms with van der Waals surface area (Å²) in [6.07, 6.45) is 1.94. The Labute approximate surface area is 138 Å². The number of amides is 1. The SMILES string of the molecule is Cc1ccc(N(CC(=O)NCCCOC(C)C)S(C)(=O)=O)cc1. The standard InChI is InChI=1S/C16H26N2O4S/c1-13(2)22-11-5-10-17-16(19)12-18(23(4,20)21)15-8-6-14(3)7-9-15/h6-9,13H,5,10-12H2,1-4H3,(H,17,19). The number of ether oxygens (including phenoxy) is 1. The maximum Gasteiger partial charge on any atom is 0.240 e. The molecule has 1 rings (SSSR count). The van der Waals surface area contributed by atoms with Gasteiger partial charge in [0.05, 0.1) is 18.0 Å². The third-order valence-corrected chi connectivity index (χ3v) is 4.24. The van der Waals surface area contributed by atoms with E-state index in [4.69, 9.17) is 4.74 Å². The van der Waals surface area contributed by atoms with Crippen LogP contribution in [0.4, 0.5) is 5.69 Å². The molecule has 1 N–H and O–H groups in total. The van der Waals surface area contributed by atoms with Gasteiger partial charge < -0.3 is 10.1 Å². The number of rotatable bonds is 9. The Balaban J connectivity index is 2.58. The van der Waals surface area contributed by atoms with Crippen LogP contribution in [0.15, 0.2) is 24.3 Å². The molecule has 1 aromatic rings. The molecule has 0 aliphatic heterocycles. The summed E-state index contributed by atoms with van der Waals surface area (Å²) in [5, 5.41) is 2.72. The Bertz CT molecular complexity index is 597. The second-order valence-corrected chi connectivity index (χ2v) is 7.64. The smallest absolute Gasteiger partial charge is 0.240 e. The van der Waals surface area contributed by atoms with Gasteiger partial charge in [-0.2, -0.15) is 0 Å². The lowest BCUT2D eigenvalue weighted by molar-refractivity contribution is -0.119. The number of nitrogens with zero attached hydrogens (tertiary/aromatic N) is 1. The third kappa shape index (κ3) is 7.47. The van der Waals surface area contributed by atoms with Gasteiger partial charge in [0.2, 0.25) is 15.9 Å². The fourth-order valence-electron chi connectivity index (χ4n) is 1.92. The van der Waals surface area contributed by atoms with Crippen LogP contribution in [0.1, 0.15) is 25.8 Å². The molecule has 0 radical (unpaired) electrons. The van der Waals surface area contributed by atoms with Gasteiger partial charge in [-0.05, 0) is 39.3 Å². The normalized spacial score (nSPS) is 11.5. The van der Waals surface area contributed by atoms with Crippen LogP contribution in [0, 0.1) is 6.92 Å². The quantitative estimate of drug-likeness (QED) is 0.693. The largest absolute Gasteiger partial charge is 0.379 e. The predicted molar refractivity (Wildman–Crippen MR) is 92.1 cm³/mol. The van der Waals surface area contributed by atoms with Gasteiger partial charge in [0, 0.05) is 13.2 Å². The minimum absolute atomic E-state index is 0.160. The lowest BCUT2D eigenvalue weighted by Crippen LogP contribution is -2.40. The van der Waals surface area contributed by atoms with Crippen LogP contribution < -0.4 is 9.62 Å². The van der Waals surface area contributed by atoms with Gasteiger partial charge in [0.1, 0.15) is 6.54 Å². The van der Waals surface area contributed by atoms with Gasteiger partial charge in [0.25, 0.3) is 0 Å². The molecule has 0 unspecified atom stereocenters. The van der Waals surface area contributed by atoms with Crippen LogP contribution in [0.5, 0.6) is 0 Å². The Morgan fingerprint density at radius 3 is 2.39 bits per heavy atom. The van der Waals surface area contributed by atoms with Crippen molar-refractivity contribution in [1.82, 2.24) is 5.32 Å². The van der Waals surface area contributed by atoms with E-state index in [1.54, 1.807) is 12.1 Å². The zero-order valence-electron chi connectivity index (χ0n) is 14.2. The van der Waals surface area contributed by atoms with Gasteiger partial charge in [-0.15, -0.1) is 0 Å². The molecule has 0 aromatic heterocycles. The Morgan fingerprint density at radius 2 is 1.87 bits per heavy atom. The highest BCUT2D eigenvalue weighted by Gasteiger charge is 2.20. The first kappa shape index (κ1) is 19.4. The van der Waals surface area contributed by atoms with Crippen LogP contribution >= 0.6 is 0 Å². The molecule has 6 nitrogen and oxygen atoms in total. The average Bonchev–Trinajstić information content (AvgIpc) is 2.44. The van der Waals surface area contributed by atoms with E-state index >= 15 is 0 Å². The number of carbonyl (C=O) groups is 1. The molecule has 0 bridgehead atoms. The Kier molecular flexibility index (Phi) is 7.51. The monoisotopic (exact) mass is 342 g/mol. The molecule has 0 atom stereocenters. The first-order valence-electron chi connectivity index (χ1n) is 7.63. The molecule has 0 fully saturated rings. The number of carbonyl (C=O) groups excluding carboxylic acids is 1. The van der Waals surface area contributed by atoms with Crippen LogP contribution in [-0.4, -0.2) is 46.4 Å². The molecule has 1 amide bonds. The summed E-state index contributed by atoms with van der Waals surface area (Å²) in [6, 6.07) is 7.02. The van der Waals surface area contributed by atoms with Gasteiger partial charge >= 0.3 is 0 Å². The molecule has 23 heavy (non-hydrogen) atoms. The van der Waals surface area contributed by atoms with Crippen LogP contribution in [0.3, 0.4) is 0 Å². The van der Waals surface area contributed by atoms with Crippen molar-refractivity contribution in [1.29, 1.82) is 0 Å². The van der Waals surface area contributed by atoms with E-state index in [0.29, 0.717) is 25.3 Å². The second-order valence-electron chi connectivity index (χ2n) is 5.73. The van der Waals surface area contributed by atoms with Gasteiger partial charge in [0.15, 0.2) is 0 Å². The van der Waals surface area contributed by atoms with Crippen molar-refractivity contribution in [3.05, 3.63) is 29.8 Å². The van der Waals surface area contributed by atoms with E-state index in [0.717, 1.165) is 16.1 Å². The van der Waals surface area contributed by atoms with Gasteiger partial charge in [-0.25, -0.2) is 8.42 Å². The van der Waals surface area contributed by atoms with Crippen molar-refractivity contribution in [2.45, 2.75) is 33.3 Å². The number of aryl methyl sites for hydroxylation is 1. The van der Waals surface area contributed by atoms with Crippen molar-refractivity contribution in [3.63, 3.8) is 0 Å². The number of nitrogens with one attached hydrogen (secondary N) is 1. The van der Waals surface area contributed by atoms with Crippen molar-refractivity contribution >= 4 is 21.6 Å². The third-order valence-electron chi connectivity index (χ3n) is 3.10. The zero-order valence-corrected chi connectivity index (χ0v) is 15.0. The minimum atomic E-state index is -3.52. The highest BCUT2D eigenvalue weighted by atomic mass is 32.2. The predicted octanol–water partition coefficient (Wildman–Crippen LogP) is 1.69. The first-order valence-corrected chi connectivity index (χ1v) is 9.47. The fraction of sp³-hybridized carbons (Fsp3) is 0.562. The van der Waals surface area contributed by atoms with E-state index in [1.165, 1.54) is 0 Å². The second kappa shape index (κ2) is 8.88. The number of hydrogen-bond acceptors (Lipinski definition) is 4. The Hall–Kier alpha value is -1.60. The molecule has 0 heterocycles. The van der Waals surface area contributed by atoms with E-state index in [1.807, 2.05) is 32.9 Å². The number of benzene rings is 1. The summed E-state index contributed by atoms with van der Waals surface area (Å²) in [6.45, 7) is 6.60. The molecule has 0 saturated heterocycles. The molecule has 7 heteroatoms.